The number of carboxylic acids is 1. The summed E-state index contributed by atoms with van der Waals surface area (Å²) in [5, 5.41) is 13.5. The quantitative estimate of drug-likeness (QED) is 0.722. The van der Waals surface area contributed by atoms with Gasteiger partial charge in [-0.05, 0) is 51.0 Å². The van der Waals surface area contributed by atoms with E-state index in [0.717, 1.165) is 32.2 Å². The van der Waals surface area contributed by atoms with Gasteiger partial charge in [0.05, 0.1) is 0 Å². The van der Waals surface area contributed by atoms with Crippen molar-refractivity contribution in [2.24, 2.45) is 5.92 Å². The highest BCUT2D eigenvalue weighted by Crippen LogP contribution is 2.43. The number of nitrogens with one attached hydrogen (secondary N) is 1. The molecule has 3 rings (SSSR count). The molecule has 0 bridgehead atoms. The molecule has 0 radical (unpaired) electrons. The molecule has 2 N–H and O–H groups in total. The fraction of sp³-hybridized carbons (Fsp3) is 0.941. The van der Waals surface area contributed by atoms with Gasteiger partial charge in [-0.15, -0.1) is 0 Å². The summed E-state index contributed by atoms with van der Waals surface area (Å²) >= 11 is 0. The molecule has 21 heavy (non-hydrogen) atoms. The summed E-state index contributed by atoms with van der Waals surface area (Å²) in [5.41, 5.74) is -0.686. The number of likely N-dealkylation sites (N-methyl/N-ethyl adjacent to an activating group) is 1. The van der Waals surface area contributed by atoms with E-state index in [9.17, 15) is 9.90 Å². The van der Waals surface area contributed by atoms with Gasteiger partial charge < -0.3 is 5.11 Å². The van der Waals surface area contributed by atoms with Crippen LogP contribution in [0.2, 0.25) is 0 Å². The van der Waals surface area contributed by atoms with Gasteiger partial charge in [-0.25, -0.2) is 0 Å². The molecular weight excluding hydrogens is 264 g/mol. The SMILES string of the molecule is CCN(CC(NC1CC1)(C(=O)O)C1CC1)C1CCCCC1. The van der Waals surface area contributed by atoms with Crippen molar-refractivity contribution in [3.8, 4) is 0 Å². The van der Waals surface area contributed by atoms with Gasteiger partial charge in [0.25, 0.3) is 0 Å². The summed E-state index contributed by atoms with van der Waals surface area (Å²) < 4.78 is 0. The van der Waals surface area contributed by atoms with Crippen LogP contribution in [-0.4, -0.2) is 46.7 Å². The highest BCUT2D eigenvalue weighted by molar-refractivity contribution is 5.80. The number of carboxylic acid groups (broad SMARTS) is 1. The predicted molar refractivity (Wildman–Crippen MR) is 83.4 cm³/mol. The molecule has 0 heterocycles. The van der Waals surface area contributed by atoms with E-state index >= 15 is 0 Å². The fourth-order valence-corrected chi connectivity index (χ4v) is 4.03. The maximum Gasteiger partial charge on any atom is 0.325 e. The van der Waals surface area contributed by atoms with Crippen molar-refractivity contribution in [1.82, 2.24) is 10.2 Å². The van der Waals surface area contributed by atoms with Crippen LogP contribution < -0.4 is 5.32 Å². The first-order valence-electron chi connectivity index (χ1n) is 8.91. The van der Waals surface area contributed by atoms with E-state index in [0.29, 0.717) is 24.5 Å². The fourth-order valence-electron chi connectivity index (χ4n) is 4.03. The van der Waals surface area contributed by atoms with E-state index in [-0.39, 0.29) is 0 Å². The monoisotopic (exact) mass is 294 g/mol. The third kappa shape index (κ3) is 3.42. The standard InChI is InChI=1S/C17H30N2O2/c1-2-19(15-6-4-3-5-7-15)12-17(16(20)21,13-8-9-13)18-14-10-11-14/h13-15,18H,2-12H2,1H3,(H,20,21). The third-order valence-corrected chi connectivity index (χ3v) is 5.64. The number of hydrogen-bond acceptors (Lipinski definition) is 3. The minimum absolute atomic E-state index is 0.341. The summed E-state index contributed by atoms with van der Waals surface area (Å²) in [6.45, 7) is 3.86. The van der Waals surface area contributed by atoms with E-state index in [1.807, 2.05) is 0 Å². The summed E-state index contributed by atoms with van der Waals surface area (Å²) in [5.74, 6) is -0.278. The van der Waals surface area contributed by atoms with Crippen molar-refractivity contribution in [1.29, 1.82) is 0 Å². The van der Waals surface area contributed by atoms with Crippen LogP contribution in [0.5, 0.6) is 0 Å². The highest BCUT2D eigenvalue weighted by atomic mass is 16.4. The van der Waals surface area contributed by atoms with Crippen molar-refractivity contribution in [3.63, 3.8) is 0 Å². The lowest BCUT2D eigenvalue weighted by Gasteiger charge is -2.41. The molecule has 1 unspecified atom stereocenters. The smallest absolute Gasteiger partial charge is 0.325 e. The molecule has 0 saturated heterocycles. The van der Waals surface area contributed by atoms with E-state index in [1.165, 1.54) is 32.1 Å². The Labute approximate surface area is 128 Å². The Hall–Kier alpha value is -0.610. The van der Waals surface area contributed by atoms with Crippen LogP contribution in [0.25, 0.3) is 0 Å². The molecule has 0 aromatic carbocycles. The first-order chi connectivity index (χ1) is 10.2. The van der Waals surface area contributed by atoms with E-state index in [1.54, 1.807) is 0 Å². The van der Waals surface area contributed by atoms with Crippen LogP contribution in [0.4, 0.5) is 0 Å². The first-order valence-corrected chi connectivity index (χ1v) is 8.91. The topological polar surface area (TPSA) is 52.6 Å². The minimum atomic E-state index is -0.686. The Balaban J connectivity index is 1.73. The predicted octanol–water partition coefficient (Wildman–Crippen LogP) is 2.63. The summed E-state index contributed by atoms with van der Waals surface area (Å²) in [7, 11) is 0. The molecule has 3 aliphatic rings. The molecule has 4 heteroatoms. The normalized spacial score (nSPS) is 26.8. The Morgan fingerprint density at radius 2 is 1.81 bits per heavy atom. The zero-order chi connectivity index (χ0) is 14.9. The van der Waals surface area contributed by atoms with E-state index in [2.05, 4.69) is 17.1 Å². The first kappa shape index (κ1) is 15.3. The van der Waals surface area contributed by atoms with Crippen molar-refractivity contribution >= 4 is 5.97 Å². The average molecular weight is 294 g/mol. The molecule has 3 aliphatic carbocycles. The second-order valence-electron chi connectivity index (χ2n) is 7.32. The van der Waals surface area contributed by atoms with Gasteiger partial charge in [0.15, 0.2) is 0 Å². The van der Waals surface area contributed by atoms with Crippen molar-refractivity contribution in [3.05, 3.63) is 0 Å². The van der Waals surface area contributed by atoms with Crippen LogP contribution in [-0.2, 0) is 4.79 Å². The molecule has 0 aliphatic heterocycles. The van der Waals surface area contributed by atoms with Crippen molar-refractivity contribution < 1.29 is 9.90 Å². The van der Waals surface area contributed by atoms with Crippen LogP contribution in [0.1, 0.15) is 64.7 Å². The Morgan fingerprint density at radius 1 is 1.14 bits per heavy atom. The average Bonchev–Trinajstić information content (AvgIpc) is 3.37. The minimum Gasteiger partial charge on any atom is -0.480 e. The lowest BCUT2D eigenvalue weighted by atomic mass is 9.88. The van der Waals surface area contributed by atoms with E-state index in [4.69, 9.17) is 0 Å². The molecular formula is C17H30N2O2. The number of aliphatic carboxylic acids is 1. The maximum atomic E-state index is 12.1. The lowest BCUT2D eigenvalue weighted by Crippen LogP contribution is -2.62. The zero-order valence-corrected chi connectivity index (χ0v) is 13.3. The summed E-state index contributed by atoms with van der Waals surface area (Å²) in [6.07, 6.45) is 10.9. The third-order valence-electron chi connectivity index (χ3n) is 5.64. The van der Waals surface area contributed by atoms with Gasteiger partial charge in [0.1, 0.15) is 5.54 Å². The van der Waals surface area contributed by atoms with Gasteiger partial charge in [0, 0.05) is 18.6 Å². The molecule has 1 atom stereocenters. The second-order valence-corrected chi connectivity index (χ2v) is 7.32. The maximum absolute atomic E-state index is 12.1. The lowest BCUT2D eigenvalue weighted by molar-refractivity contribution is -0.147. The largest absolute Gasteiger partial charge is 0.480 e. The Morgan fingerprint density at radius 3 is 2.29 bits per heavy atom. The van der Waals surface area contributed by atoms with Gasteiger partial charge in [-0.1, -0.05) is 26.2 Å². The molecule has 0 amide bonds. The van der Waals surface area contributed by atoms with Crippen LogP contribution in [0.15, 0.2) is 0 Å². The molecule has 3 fully saturated rings. The van der Waals surface area contributed by atoms with Crippen molar-refractivity contribution in [2.75, 3.05) is 13.1 Å². The van der Waals surface area contributed by atoms with Gasteiger partial charge in [0.2, 0.25) is 0 Å². The number of nitrogens with zero attached hydrogens (tertiary/aromatic N) is 1. The zero-order valence-electron chi connectivity index (χ0n) is 13.3. The van der Waals surface area contributed by atoms with Crippen molar-refractivity contribution in [2.45, 2.75) is 82.3 Å². The van der Waals surface area contributed by atoms with Gasteiger partial charge in [-0.2, -0.15) is 0 Å². The second kappa shape index (κ2) is 6.25. The molecule has 0 aromatic rings. The Kier molecular flexibility index (Phi) is 4.55. The number of carbonyl (C=O) groups is 1. The molecule has 120 valence electrons. The Bertz CT molecular complexity index is 373. The van der Waals surface area contributed by atoms with Gasteiger partial charge >= 0.3 is 5.97 Å². The van der Waals surface area contributed by atoms with Crippen LogP contribution >= 0.6 is 0 Å². The number of rotatable bonds is 8. The highest BCUT2D eigenvalue weighted by Gasteiger charge is 2.54. The summed E-state index contributed by atoms with van der Waals surface area (Å²) in [6, 6.07) is 1.05. The van der Waals surface area contributed by atoms with Gasteiger partial charge in [-0.3, -0.25) is 15.0 Å². The molecule has 3 saturated carbocycles. The van der Waals surface area contributed by atoms with Crippen LogP contribution in [0.3, 0.4) is 0 Å². The summed E-state index contributed by atoms with van der Waals surface area (Å²) in [4.78, 5) is 14.6. The molecule has 0 spiro atoms. The van der Waals surface area contributed by atoms with Crippen LogP contribution in [0, 0.1) is 5.92 Å². The molecule has 4 nitrogen and oxygen atoms in total. The number of hydrogen-bond donors (Lipinski definition) is 2. The molecule has 0 aromatic heterocycles. The van der Waals surface area contributed by atoms with E-state index < -0.39 is 11.5 Å².